The van der Waals surface area contributed by atoms with Crippen molar-refractivity contribution in [1.29, 1.82) is 0 Å². The van der Waals surface area contributed by atoms with Crippen LogP contribution < -0.4 is 5.32 Å². The number of aryl methyl sites for hydroxylation is 1. The van der Waals surface area contributed by atoms with Crippen LogP contribution in [-0.2, 0) is 0 Å². The first-order valence-corrected chi connectivity index (χ1v) is 5.53. The SMILES string of the molecule is Cc1cc(C(=O)O)ccc1Nc1ccc(F)c(F)c1. The zero-order chi connectivity index (χ0) is 14.0. The third kappa shape index (κ3) is 2.88. The lowest BCUT2D eigenvalue weighted by molar-refractivity contribution is 0.0697. The second kappa shape index (κ2) is 5.06. The highest BCUT2D eigenvalue weighted by Crippen LogP contribution is 2.23. The monoisotopic (exact) mass is 263 g/mol. The molecule has 2 rings (SSSR count). The highest BCUT2D eigenvalue weighted by atomic mass is 19.2. The van der Waals surface area contributed by atoms with E-state index in [-0.39, 0.29) is 5.56 Å². The standard InChI is InChI=1S/C14H11F2NO2/c1-8-6-9(14(18)19)2-5-13(8)17-10-3-4-11(15)12(16)7-10/h2-7,17H,1H3,(H,18,19). The van der Waals surface area contributed by atoms with E-state index in [1.807, 2.05) is 0 Å². The molecule has 0 spiro atoms. The summed E-state index contributed by atoms with van der Waals surface area (Å²) in [6.07, 6.45) is 0. The van der Waals surface area contributed by atoms with Gasteiger partial charge < -0.3 is 10.4 Å². The summed E-state index contributed by atoms with van der Waals surface area (Å²) in [7, 11) is 0. The summed E-state index contributed by atoms with van der Waals surface area (Å²) in [4.78, 5) is 10.8. The zero-order valence-corrected chi connectivity index (χ0v) is 10.1. The summed E-state index contributed by atoms with van der Waals surface area (Å²) in [6.45, 7) is 1.73. The number of carboxylic acids is 1. The first kappa shape index (κ1) is 13.0. The van der Waals surface area contributed by atoms with Crippen molar-refractivity contribution in [2.45, 2.75) is 6.92 Å². The number of hydrogen-bond acceptors (Lipinski definition) is 2. The highest BCUT2D eigenvalue weighted by Gasteiger charge is 2.07. The van der Waals surface area contributed by atoms with Crippen molar-refractivity contribution in [2.75, 3.05) is 5.32 Å². The van der Waals surface area contributed by atoms with E-state index in [9.17, 15) is 13.6 Å². The smallest absolute Gasteiger partial charge is 0.335 e. The van der Waals surface area contributed by atoms with Crippen LogP contribution in [-0.4, -0.2) is 11.1 Å². The van der Waals surface area contributed by atoms with Gasteiger partial charge in [0.2, 0.25) is 0 Å². The molecule has 0 bridgehead atoms. The fourth-order valence-electron chi connectivity index (χ4n) is 1.67. The maximum absolute atomic E-state index is 13.1. The number of nitrogens with one attached hydrogen (secondary N) is 1. The Morgan fingerprint density at radius 1 is 1.11 bits per heavy atom. The second-order valence-corrected chi connectivity index (χ2v) is 4.09. The number of halogens is 2. The number of carboxylic acid groups (broad SMARTS) is 1. The van der Waals surface area contributed by atoms with Crippen LogP contribution in [0.2, 0.25) is 0 Å². The first-order valence-electron chi connectivity index (χ1n) is 5.53. The van der Waals surface area contributed by atoms with Crippen molar-refractivity contribution >= 4 is 17.3 Å². The molecule has 5 heteroatoms. The molecule has 0 aromatic heterocycles. The molecular formula is C14H11F2NO2. The van der Waals surface area contributed by atoms with Crippen LogP contribution in [0.15, 0.2) is 36.4 Å². The fraction of sp³-hybridized carbons (Fsp3) is 0.0714. The Balaban J connectivity index is 2.28. The lowest BCUT2D eigenvalue weighted by Crippen LogP contribution is -1.99. The molecule has 0 aliphatic carbocycles. The molecular weight excluding hydrogens is 252 g/mol. The van der Waals surface area contributed by atoms with Gasteiger partial charge in [-0.05, 0) is 42.8 Å². The van der Waals surface area contributed by atoms with Crippen molar-refractivity contribution in [3.63, 3.8) is 0 Å². The van der Waals surface area contributed by atoms with Gasteiger partial charge in [0.05, 0.1) is 5.56 Å². The third-order valence-electron chi connectivity index (χ3n) is 2.67. The van der Waals surface area contributed by atoms with E-state index in [4.69, 9.17) is 5.11 Å². The predicted octanol–water partition coefficient (Wildman–Crippen LogP) is 3.72. The molecule has 3 nitrogen and oxygen atoms in total. The van der Waals surface area contributed by atoms with E-state index in [0.717, 1.165) is 12.1 Å². The highest BCUT2D eigenvalue weighted by molar-refractivity contribution is 5.88. The van der Waals surface area contributed by atoms with E-state index < -0.39 is 17.6 Å². The number of rotatable bonds is 3. The Morgan fingerprint density at radius 3 is 2.42 bits per heavy atom. The summed E-state index contributed by atoms with van der Waals surface area (Å²) in [5, 5.41) is 11.8. The molecule has 0 heterocycles. The molecule has 0 fully saturated rings. The number of carbonyl (C=O) groups is 1. The van der Waals surface area contributed by atoms with Crippen molar-refractivity contribution in [1.82, 2.24) is 0 Å². The van der Waals surface area contributed by atoms with Gasteiger partial charge in [0.15, 0.2) is 11.6 Å². The molecule has 0 amide bonds. The molecule has 0 saturated carbocycles. The molecule has 19 heavy (non-hydrogen) atoms. The number of anilines is 2. The van der Waals surface area contributed by atoms with Crippen LogP contribution in [0.5, 0.6) is 0 Å². The molecule has 98 valence electrons. The predicted molar refractivity (Wildman–Crippen MR) is 67.8 cm³/mol. The summed E-state index contributed by atoms with van der Waals surface area (Å²) in [5.41, 5.74) is 1.90. The van der Waals surface area contributed by atoms with E-state index in [2.05, 4.69) is 5.32 Å². The lowest BCUT2D eigenvalue weighted by Gasteiger charge is -2.10. The Kier molecular flexibility index (Phi) is 3.46. The van der Waals surface area contributed by atoms with E-state index >= 15 is 0 Å². The van der Waals surface area contributed by atoms with Crippen molar-refractivity contribution in [2.24, 2.45) is 0 Å². The van der Waals surface area contributed by atoms with Gasteiger partial charge >= 0.3 is 5.97 Å². The molecule has 0 unspecified atom stereocenters. The number of hydrogen-bond donors (Lipinski definition) is 2. The minimum atomic E-state index is -1.01. The topological polar surface area (TPSA) is 49.3 Å². The normalized spacial score (nSPS) is 10.3. The van der Waals surface area contributed by atoms with Crippen LogP contribution in [0, 0.1) is 18.6 Å². The lowest BCUT2D eigenvalue weighted by atomic mass is 10.1. The Labute approximate surface area is 108 Å². The average molecular weight is 263 g/mol. The van der Waals surface area contributed by atoms with Gasteiger partial charge in [0, 0.05) is 17.4 Å². The maximum atomic E-state index is 13.1. The summed E-state index contributed by atoms with van der Waals surface area (Å²) < 4.78 is 25.9. The van der Waals surface area contributed by atoms with Crippen LogP contribution >= 0.6 is 0 Å². The minimum Gasteiger partial charge on any atom is -0.478 e. The van der Waals surface area contributed by atoms with Crippen LogP contribution in [0.3, 0.4) is 0 Å². The van der Waals surface area contributed by atoms with Gasteiger partial charge in [-0.1, -0.05) is 0 Å². The van der Waals surface area contributed by atoms with Crippen LogP contribution in [0.1, 0.15) is 15.9 Å². The molecule has 2 aromatic carbocycles. The van der Waals surface area contributed by atoms with Crippen molar-refractivity contribution in [3.05, 3.63) is 59.2 Å². The molecule has 0 saturated heterocycles. The van der Waals surface area contributed by atoms with E-state index in [0.29, 0.717) is 16.9 Å². The van der Waals surface area contributed by atoms with Gasteiger partial charge in [-0.2, -0.15) is 0 Å². The molecule has 2 N–H and O–H groups in total. The summed E-state index contributed by atoms with van der Waals surface area (Å²) in [5.74, 6) is -2.87. The minimum absolute atomic E-state index is 0.174. The first-order chi connectivity index (χ1) is 8.97. The number of aromatic carboxylic acids is 1. The van der Waals surface area contributed by atoms with Crippen LogP contribution in [0.4, 0.5) is 20.2 Å². The van der Waals surface area contributed by atoms with Gasteiger partial charge in [0.25, 0.3) is 0 Å². The van der Waals surface area contributed by atoms with Crippen molar-refractivity contribution in [3.8, 4) is 0 Å². The Bertz CT molecular complexity index is 641. The van der Waals surface area contributed by atoms with Gasteiger partial charge in [0.1, 0.15) is 0 Å². The van der Waals surface area contributed by atoms with E-state index in [1.54, 1.807) is 13.0 Å². The van der Waals surface area contributed by atoms with Gasteiger partial charge in [-0.3, -0.25) is 0 Å². The third-order valence-corrected chi connectivity index (χ3v) is 2.67. The van der Waals surface area contributed by atoms with Crippen LogP contribution in [0.25, 0.3) is 0 Å². The quantitative estimate of drug-likeness (QED) is 0.887. The molecule has 0 aliphatic rings. The second-order valence-electron chi connectivity index (χ2n) is 4.09. The van der Waals surface area contributed by atoms with Crippen molar-refractivity contribution < 1.29 is 18.7 Å². The van der Waals surface area contributed by atoms with E-state index in [1.165, 1.54) is 18.2 Å². The maximum Gasteiger partial charge on any atom is 0.335 e. The molecule has 0 radical (unpaired) electrons. The molecule has 0 atom stereocenters. The number of benzene rings is 2. The molecule has 2 aromatic rings. The molecule has 0 aliphatic heterocycles. The van der Waals surface area contributed by atoms with Gasteiger partial charge in [-0.25, -0.2) is 13.6 Å². The summed E-state index contributed by atoms with van der Waals surface area (Å²) in [6, 6.07) is 8.00. The average Bonchev–Trinajstić information content (AvgIpc) is 2.36. The largest absolute Gasteiger partial charge is 0.478 e. The van der Waals surface area contributed by atoms with Gasteiger partial charge in [-0.15, -0.1) is 0 Å². The summed E-state index contributed by atoms with van der Waals surface area (Å²) >= 11 is 0. The Hall–Kier alpha value is -2.43. The zero-order valence-electron chi connectivity index (χ0n) is 10.1. The fourth-order valence-corrected chi connectivity index (χ4v) is 1.67. The Morgan fingerprint density at radius 2 is 1.84 bits per heavy atom.